The number of anilines is 3. The number of aromatic nitrogens is 4. The molecule has 0 radical (unpaired) electrons. The van der Waals surface area contributed by atoms with Gasteiger partial charge in [0.15, 0.2) is 5.82 Å². The largest absolute Gasteiger partial charge is 0.386 e. The van der Waals surface area contributed by atoms with Crippen LogP contribution in [0.4, 0.5) is 23.0 Å². The van der Waals surface area contributed by atoms with E-state index in [1.165, 1.54) is 6.33 Å². The minimum Gasteiger partial charge on any atom is -0.386 e. The van der Waals surface area contributed by atoms with Crippen LogP contribution in [0.1, 0.15) is 11.3 Å². The summed E-state index contributed by atoms with van der Waals surface area (Å²) in [5.41, 5.74) is 9.28. The van der Waals surface area contributed by atoms with E-state index in [0.29, 0.717) is 17.5 Å². The van der Waals surface area contributed by atoms with Crippen molar-refractivity contribution in [1.29, 1.82) is 0 Å². The summed E-state index contributed by atoms with van der Waals surface area (Å²) in [5.74, 6) is 2.70. The van der Waals surface area contributed by atoms with E-state index in [9.17, 15) is 0 Å². The van der Waals surface area contributed by atoms with Gasteiger partial charge >= 0.3 is 0 Å². The van der Waals surface area contributed by atoms with E-state index in [2.05, 4.69) is 30.7 Å². The van der Waals surface area contributed by atoms with Gasteiger partial charge in [-0.15, -0.1) is 11.6 Å². The number of hydrogen-bond acceptors (Lipinski definition) is 6. The topological polar surface area (TPSA) is 106 Å². The molecule has 0 amide bonds. The van der Waals surface area contributed by atoms with Crippen LogP contribution in [0.3, 0.4) is 0 Å². The average molecular weight is 385 g/mol. The smallest absolute Gasteiger partial charge is 0.161 e. The zero-order chi connectivity index (χ0) is 19.4. The highest BCUT2D eigenvalue weighted by Gasteiger charge is 2.11. The standard InChI is InChI=1S/C18H21ClN8/c1-11-4-5-13(24-15(20)9-19)7-14(11)25-18-6-12(2)26-27(18)17-8-16(21-3)22-10-23-17/h4-8,10,25H,9H2,1-3H3,(H2,20,24)(H,21,22,23). The van der Waals surface area contributed by atoms with Crippen molar-refractivity contribution in [3.63, 3.8) is 0 Å². The lowest BCUT2D eigenvalue weighted by atomic mass is 10.2. The number of hydrogen-bond donors (Lipinski definition) is 3. The molecule has 0 fully saturated rings. The Balaban J connectivity index is 1.98. The molecular weight excluding hydrogens is 364 g/mol. The number of aliphatic imine (C=N–C) groups is 1. The summed E-state index contributed by atoms with van der Waals surface area (Å²) in [5, 5.41) is 10.9. The van der Waals surface area contributed by atoms with Crippen molar-refractivity contribution < 1.29 is 0 Å². The molecule has 0 unspecified atom stereocenters. The van der Waals surface area contributed by atoms with Crippen LogP contribution in [0.5, 0.6) is 0 Å². The molecule has 140 valence electrons. The molecule has 3 aromatic rings. The number of halogens is 1. The Morgan fingerprint density at radius 3 is 2.78 bits per heavy atom. The Hall–Kier alpha value is -3.13. The van der Waals surface area contributed by atoms with Crippen LogP contribution in [0.25, 0.3) is 5.82 Å². The highest BCUT2D eigenvalue weighted by molar-refractivity contribution is 6.28. The number of amidine groups is 1. The predicted molar refractivity (Wildman–Crippen MR) is 110 cm³/mol. The molecule has 2 heterocycles. The number of aryl methyl sites for hydroxylation is 2. The summed E-state index contributed by atoms with van der Waals surface area (Å²) in [4.78, 5) is 12.8. The molecule has 2 aromatic heterocycles. The van der Waals surface area contributed by atoms with Crippen LogP contribution in [0.2, 0.25) is 0 Å². The molecule has 3 rings (SSSR count). The SMILES string of the molecule is CNc1cc(-n2nc(C)cc2Nc2cc(N=C(N)CCl)ccc2C)ncn1. The van der Waals surface area contributed by atoms with Gasteiger partial charge in [0, 0.05) is 24.9 Å². The van der Waals surface area contributed by atoms with E-state index < -0.39 is 0 Å². The lowest BCUT2D eigenvalue weighted by molar-refractivity contribution is 0.833. The molecule has 0 aliphatic carbocycles. The Bertz CT molecular complexity index is 979. The maximum Gasteiger partial charge on any atom is 0.161 e. The third-order valence-electron chi connectivity index (χ3n) is 3.85. The Morgan fingerprint density at radius 2 is 2.04 bits per heavy atom. The molecule has 9 heteroatoms. The second-order valence-corrected chi connectivity index (χ2v) is 6.22. The van der Waals surface area contributed by atoms with E-state index in [4.69, 9.17) is 17.3 Å². The second kappa shape index (κ2) is 8.05. The molecule has 4 N–H and O–H groups in total. The van der Waals surface area contributed by atoms with Gasteiger partial charge in [-0.2, -0.15) is 9.78 Å². The summed E-state index contributed by atoms with van der Waals surface area (Å²) in [7, 11) is 1.81. The van der Waals surface area contributed by atoms with Gasteiger partial charge in [0.2, 0.25) is 0 Å². The maximum absolute atomic E-state index is 5.74. The first-order valence-electron chi connectivity index (χ1n) is 8.33. The zero-order valence-electron chi connectivity index (χ0n) is 15.4. The Labute approximate surface area is 162 Å². The molecule has 0 bridgehead atoms. The minimum absolute atomic E-state index is 0.185. The van der Waals surface area contributed by atoms with Crippen molar-refractivity contribution in [3.05, 3.63) is 47.9 Å². The van der Waals surface area contributed by atoms with Gasteiger partial charge in [-0.1, -0.05) is 6.07 Å². The van der Waals surface area contributed by atoms with Crippen LogP contribution in [0.15, 0.2) is 41.7 Å². The fourth-order valence-corrected chi connectivity index (χ4v) is 2.57. The summed E-state index contributed by atoms with van der Waals surface area (Å²) in [6.07, 6.45) is 1.50. The first-order chi connectivity index (χ1) is 13.0. The molecule has 0 spiro atoms. The van der Waals surface area contributed by atoms with Crippen LogP contribution < -0.4 is 16.4 Å². The molecule has 8 nitrogen and oxygen atoms in total. The molecule has 0 saturated carbocycles. The number of nitrogens with zero attached hydrogens (tertiary/aromatic N) is 5. The fourth-order valence-electron chi connectivity index (χ4n) is 2.51. The molecule has 0 aliphatic rings. The number of rotatable bonds is 6. The first kappa shape index (κ1) is 18.7. The number of alkyl halides is 1. The molecular formula is C18H21ClN8. The van der Waals surface area contributed by atoms with Gasteiger partial charge in [-0.05, 0) is 31.5 Å². The third-order valence-corrected chi connectivity index (χ3v) is 4.12. The van der Waals surface area contributed by atoms with Gasteiger partial charge < -0.3 is 16.4 Å². The van der Waals surface area contributed by atoms with Gasteiger partial charge in [0.25, 0.3) is 0 Å². The van der Waals surface area contributed by atoms with E-state index in [1.54, 1.807) is 4.68 Å². The second-order valence-electron chi connectivity index (χ2n) is 5.96. The summed E-state index contributed by atoms with van der Waals surface area (Å²) < 4.78 is 1.74. The molecule has 27 heavy (non-hydrogen) atoms. The molecule has 1 aromatic carbocycles. The maximum atomic E-state index is 5.74. The minimum atomic E-state index is 0.185. The van der Waals surface area contributed by atoms with Crippen molar-refractivity contribution in [1.82, 2.24) is 19.7 Å². The Morgan fingerprint density at radius 1 is 1.22 bits per heavy atom. The van der Waals surface area contributed by atoms with E-state index >= 15 is 0 Å². The van der Waals surface area contributed by atoms with Crippen LogP contribution >= 0.6 is 11.6 Å². The summed E-state index contributed by atoms with van der Waals surface area (Å²) in [6.45, 7) is 3.94. The quantitative estimate of drug-likeness (QED) is 0.342. The molecule has 0 aliphatic heterocycles. The number of nitrogens with one attached hydrogen (secondary N) is 2. The summed E-state index contributed by atoms with van der Waals surface area (Å²) in [6, 6.07) is 9.56. The monoisotopic (exact) mass is 384 g/mol. The van der Waals surface area contributed by atoms with Gasteiger partial charge in [0.1, 0.15) is 23.8 Å². The lowest BCUT2D eigenvalue weighted by Gasteiger charge is -2.12. The Kier molecular flexibility index (Phi) is 5.56. The highest BCUT2D eigenvalue weighted by atomic mass is 35.5. The first-order valence-corrected chi connectivity index (χ1v) is 8.87. The lowest BCUT2D eigenvalue weighted by Crippen LogP contribution is -2.12. The van der Waals surface area contributed by atoms with E-state index in [1.807, 2.05) is 51.2 Å². The van der Waals surface area contributed by atoms with Gasteiger partial charge in [-0.3, -0.25) is 0 Å². The van der Waals surface area contributed by atoms with E-state index in [-0.39, 0.29) is 5.88 Å². The molecule has 0 atom stereocenters. The van der Waals surface area contributed by atoms with Crippen molar-refractivity contribution in [2.24, 2.45) is 10.7 Å². The van der Waals surface area contributed by atoms with Gasteiger partial charge in [-0.25, -0.2) is 15.0 Å². The van der Waals surface area contributed by atoms with Crippen LogP contribution in [0, 0.1) is 13.8 Å². The zero-order valence-corrected chi connectivity index (χ0v) is 16.1. The molecule has 0 saturated heterocycles. The van der Waals surface area contributed by atoms with E-state index in [0.717, 1.165) is 28.5 Å². The average Bonchev–Trinajstić information content (AvgIpc) is 3.04. The van der Waals surface area contributed by atoms with Gasteiger partial charge in [0.05, 0.1) is 17.3 Å². The highest BCUT2D eigenvalue weighted by Crippen LogP contribution is 2.27. The fraction of sp³-hybridized carbons (Fsp3) is 0.222. The third kappa shape index (κ3) is 4.35. The van der Waals surface area contributed by atoms with Crippen molar-refractivity contribution >= 4 is 40.4 Å². The van der Waals surface area contributed by atoms with Crippen molar-refractivity contribution in [2.45, 2.75) is 13.8 Å². The number of benzene rings is 1. The van der Waals surface area contributed by atoms with Crippen LogP contribution in [-0.4, -0.2) is 38.5 Å². The normalized spacial score (nSPS) is 11.5. The summed E-state index contributed by atoms with van der Waals surface area (Å²) >= 11 is 5.72. The van der Waals surface area contributed by atoms with Crippen LogP contribution in [-0.2, 0) is 0 Å². The number of nitrogens with two attached hydrogens (primary N) is 1. The predicted octanol–water partition coefficient (Wildman–Crippen LogP) is 3.29. The van der Waals surface area contributed by atoms with Crippen molar-refractivity contribution in [2.75, 3.05) is 23.6 Å². The van der Waals surface area contributed by atoms with Crippen molar-refractivity contribution in [3.8, 4) is 5.82 Å².